The van der Waals surface area contributed by atoms with Gasteiger partial charge in [-0.25, -0.2) is 9.18 Å². The van der Waals surface area contributed by atoms with Gasteiger partial charge in [-0.1, -0.05) is 48.2 Å². The molecule has 0 spiro atoms. The third kappa shape index (κ3) is 6.39. The fraction of sp³-hybridized carbons (Fsp3) is 0.241. The first-order valence-corrected chi connectivity index (χ1v) is 11.9. The van der Waals surface area contributed by atoms with Gasteiger partial charge in [0, 0.05) is 25.2 Å². The number of alkyl halides is 3. The largest absolute Gasteiger partial charge is 0.491 e. The van der Waals surface area contributed by atoms with Gasteiger partial charge in [0.25, 0.3) is 5.91 Å². The number of benzene rings is 3. The lowest BCUT2D eigenvalue weighted by molar-refractivity contribution is -0.189. The number of esters is 1. The quantitative estimate of drug-likeness (QED) is 0.221. The monoisotopic (exact) mass is 524 g/mol. The molecule has 0 aliphatic carbocycles. The highest BCUT2D eigenvalue weighted by Crippen LogP contribution is 2.32. The molecule has 38 heavy (non-hydrogen) atoms. The van der Waals surface area contributed by atoms with Crippen molar-refractivity contribution in [3.05, 3.63) is 100 Å². The Bertz CT molecular complexity index is 1400. The van der Waals surface area contributed by atoms with Crippen molar-refractivity contribution in [3.8, 4) is 17.6 Å². The minimum absolute atomic E-state index is 0.105. The second-order valence-corrected chi connectivity index (χ2v) is 8.85. The summed E-state index contributed by atoms with van der Waals surface area (Å²) in [6, 6.07) is 17.3. The molecule has 5 nitrogen and oxygen atoms in total. The minimum Gasteiger partial charge on any atom is -0.418 e. The van der Waals surface area contributed by atoms with E-state index >= 15 is 0 Å². The van der Waals surface area contributed by atoms with Crippen LogP contribution in [0.4, 0.5) is 17.6 Å². The zero-order chi connectivity index (χ0) is 27.3. The van der Waals surface area contributed by atoms with Crippen LogP contribution in [0.15, 0.2) is 66.7 Å². The molecule has 1 aliphatic heterocycles. The molecule has 9 heteroatoms. The summed E-state index contributed by atoms with van der Waals surface area (Å²) >= 11 is 0. The van der Waals surface area contributed by atoms with Crippen LogP contribution < -0.4 is 10.5 Å². The molecule has 0 unspecified atom stereocenters. The number of carbonyl (C=O) groups excluding carboxylic acids is 2. The molecular weight excluding hydrogens is 500 g/mol. The van der Waals surface area contributed by atoms with Gasteiger partial charge >= 0.3 is 12.1 Å². The highest BCUT2D eigenvalue weighted by molar-refractivity contribution is 5.99. The van der Waals surface area contributed by atoms with Gasteiger partial charge in [-0.05, 0) is 60.2 Å². The normalized spacial score (nSPS) is 14.0. The van der Waals surface area contributed by atoms with E-state index in [1.54, 1.807) is 0 Å². The molecule has 0 aromatic heterocycles. The number of carbonyl (C=O) groups is 2. The van der Waals surface area contributed by atoms with Gasteiger partial charge in [-0.3, -0.25) is 4.79 Å². The van der Waals surface area contributed by atoms with Crippen LogP contribution >= 0.6 is 0 Å². The molecule has 0 radical (unpaired) electrons. The molecule has 4 rings (SSSR count). The van der Waals surface area contributed by atoms with Gasteiger partial charge in [0.2, 0.25) is 0 Å². The van der Waals surface area contributed by atoms with E-state index in [9.17, 15) is 27.2 Å². The Balaban J connectivity index is 1.61. The SMILES string of the molecule is NCc1cccc(C2CCN(C(=O)c3cccc(C#Cc4cccc(F)c4)c3OC(=O)C(F)(F)F)CC2)c1. The van der Waals surface area contributed by atoms with Crippen LogP contribution in [0.1, 0.15) is 51.4 Å². The number of para-hydroxylation sites is 1. The Hall–Kier alpha value is -4.16. The van der Waals surface area contributed by atoms with E-state index in [-0.39, 0.29) is 22.6 Å². The molecule has 3 aromatic rings. The van der Waals surface area contributed by atoms with E-state index in [1.165, 1.54) is 41.3 Å². The van der Waals surface area contributed by atoms with Gasteiger partial charge in [0.15, 0.2) is 5.75 Å². The van der Waals surface area contributed by atoms with Crippen LogP contribution in [-0.2, 0) is 11.3 Å². The molecule has 0 atom stereocenters. The van der Waals surface area contributed by atoms with Crippen molar-refractivity contribution in [2.45, 2.75) is 31.5 Å². The highest BCUT2D eigenvalue weighted by Gasteiger charge is 2.42. The summed E-state index contributed by atoms with van der Waals surface area (Å²) in [7, 11) is 0. The predicted octanol–water partition coefficient (Wildman–Crippen LogP) is 5.17. The Morgan fingerprint density at radius 2 is 1.68 bits per heavy atom. The first kappa shape index (κ1) is 26.9. The molecule has 1 saturated heterocycles. The van der Waals surface area contributed by atoms with Crippen molar-refractivity contribution in [3.63, 3.8) is 0 Å². The maximum Gasteiger partial charge on any atom is 0.491 e. The molecule has 3 aromatic carbocycles. The number of amides is 1. The molecule has 0 bridgehead atoms. The number of hydrogen-bond donors (Lipinski definition) is 1. The highest BCUT2D eigenvalue weighted by atomic mass is 19.4. The molecular formula is C29H24F4N2O3. The average Bonchev–Trinajstić information content (AvgIpc) is 2.91. The fourth-order valence-electron chi connectivity index (χ4n) is 4.33. The Morgan fingerprint density at radius 1 is 0.974 bits per heavy atom. The van der Waals surface area contributed by atoms with Gasteiger partial charge in [-0.2, -0.15) is 13.2 Å². The minimum atomic E-state index is -5.28. The van der Waals surface area contributed by atoms with Crippen molar-refractivity contribution in [1.82, 2.24) is 4.90 Å². The summed E-state index contributed by atoms with van der Waals surface area (Å²) in [5, 5.41) is 0. The fourth-order valence-corrected chi connectivity index (χ4v) is 4.33. The lowest BCUT2D eigenvalue weighted by atomic mass is 9.88. The summed E-state index contributed by atoms with van der Waals surface area (Å²) in [5.74, 6) is 1.29. The van der Waals surface area contributed by atoms with Gasteiger partial charge in [0.05, 0.1) is 11.1 Å². The Labute approximate surface area is 217 Å². The Kier molecular flexibility index (Phi) is 8.13. The zero-order valence-corrected chi connectivity index (χ0v) is 20.2. The lowest BCUT2D eigenvalue weighted by Crippen LogP contribution is -2.38. The van der Waals surface area contributed by atoms with Crippen molar-refractivity contribution in [2.75, 3.05) is 13.1 Å². The first-order valence-electron chi connectivity index (χ1n) is 11.9. The van der Waals surface area contributed by atoms with Gasteiger partial charge < -0.3 is 15.4 Å². The van der Waals surface area contributed by atoms with E-state index in [0.717, 1.165) is 17.2 Å². The smallest absolute Gasteiger partial charge is 0.418 e. The summed E-state index contributed by atoms with van der Waals surface area (Å²) in [4.78, 5) is 26.7. The summed E-state index contributed by atoms with van der Waals surface area (Å²) in [6.07, 6.45) is -3.98. The van der Waals surface area contributed by atoms with E-state index < -0.39 is 29.6 Å². The molecule has 1 fully saturated rings. The maximum atomic E-state index is 13.5. The van der Waals surface area contributed by atoms with E-state index in [1.807, 2.05) is 24.3 Å². The summed E-state index contributed by atoms with van der Waals surface area (Å²) in [5.41, 5.74) is 7.81. The topological polar surface area (TPSA) is 72.6 Å². The van der Waals surface area contributed by atoms with E-state index in [0.29, 0.717) is 32.5 Å². The number of halogens is 4. The molecule has 1 aliphatic rings. The molecule has 1 amide bonds. The summed E-state index contributed by atoms with van der Waals surface area (Å²) < 4.78 is 57.3. The molecule has 1 heterocycles. The number of likely N-dealkylation sites (tertiary alicyclic amines) is 1. The maximum absolute atomic E-state index is 13.5. The first-order chi connectivity index (χ1) is 18.2. The van der Waals surface area contributed by atoms with Crippen molar-refractivity contribution < 1.29 is 31.9 Å². The predicted molar refractivity (Wildman–Crippen MR) is 133 cm³/mol. The van der Waals surface area contributed by atoms with E-state index in [4.69, 9.17) is 5.73 Å². The molecule has 0 saturated carbocycles. The van der Waals surface area contributed by atoms with Crippen molar-refractivity contribution >= 4 is 11.9 Å². The third-order valence-corrected chi connectivity index (χ3v) is 6.28. The molecule has 2 N–H and O–H groups in total. The second kappa shape index (κ2) is 11.5. The van der Waals surface area contributed by atoms with Crippen LogP contribution in [0.3, 0.4) is 0 Å². The number of rotatable bonds is 4. The van der Waals surface area contributed by atoms with Crippen molar-refractivity contribution in [1.29, 1.82) is 0 Å². The van der Waals surface area contributed by atoms with E-state index in [2.05, 4.69) is 16.6 Å². The zero-order valence-electron chi connectivity index (χ0n) is 20.2. The second-order valence-electron chi connectivity index (χ2n) is 8.85. The average molecular weight is 525 g/mol. The number of nitrogens with zero attached hydrogens (tertiary/aromatic N) is 1. The van der Waals surface area contributed by atoms with Crippen molar-refractivity contribution in [2.24, 2.45) is 5.73 Å². The standard InChI is InChI=1S/C29H24F4N2O3/c30-24-8-2-4-19(17-24)10-11-22-6-3-9-25(26(22)38-28(37)29(31,32)33)27(36)35-14-12-21(13-15-35)23-7-1-5-20(16-23)18-34/h1-9,16-17,21H,12-15,18,34H2. The van der Waals surface area contributed by atoms with Gasteiger partial charge in [-0.15, -0.1) is 0 Å². The van der Waals surface area contributed by atoms with Gasteiger partial charge in [0.1, 0.15) is 5.82 Å². The molecule has 196 valence electrons. The van der Waals surface area contributed by atoms with Crippen LogP contribution in [0.5, 0.6) is 5.75 Å². The van der Waals surface area contributed by atoms with Crippen LogP contribution in [0.25, 0.3) is 0 Å². The number of piperidine rings is 1. The number of hydrogen-bond acceptors (Lipinski definition) is 4. The number of nitrogens with two attached hydrogens (primary N) is 1. The third-order valence-electron chi connectivity index (χ3n) is 6.28. The lowest BCUT2D eigenvalue weighted by Gasteiger charge is -2.32. The summed E-state index contributed by atoms with van der Waals surface area (Å²) in [6.45, 7) is 1.15. The van der Waals surface area contributed by atoms with Crippen LogP contribution in [-0.4, -0.2) is 36.0 Å². The van der Waals surface area contributed by atoms with Crippen LogP contribution in [0, 0.1) is 17.7 Å². The number of ether oxygens (including phenoxy) is 1. The Morgan fingerprint density at radius 3 is 2.37 bits per heavy atom. The van der Waals surface area contributed by atoms with Crippen LogP contribution in [0.2, 0.25) is 0 Å².